The minimum Gasteiger partial charge on any atom is -0.375 e. The summed E-state index contributed by atoms with van der Waals surface area (Å²) in [5.41, 5.74) is 5.59. The molecule has 0 bridgehead atoms. The predicted octanol–water partition coefficient (Wildman–Crippen LogP) is 2.77. The van der Waals surface area contributed by atoms with Crippen LogP contribution in [0.2, 0.25) is 0 Å². The molecule has 1 aromatic heterocycles. The van der Waals surface area contributed by atoms with Gasteiger partial charge in [-0.3, -0.25) is 0 Å². The van der Waals surface area contributed by atoms with Crippen molar-refractivity contribution in [2.45, 2.75) is 38.0 Å². The summed E-state index contributed by atoms with van der Waals surface area (Å²) in [6.07, 6.45) is 8.79. The second-order valence-corrected chi connectivity index (χ2v) is 4.53. The Kier molecular flexibility index (Phi) is 2.30. The number of aromatic nitrogens is 1. The molecule has 2 N–H and O–H groups in total. The van der Waals surface area contributed by atoms with Crippen molar-refractivity contribution in [2.75, 3.05) is 5.73 Å². The number of nitrogens with zero attached hydrogens (tertiary/aromatic N) is 1. The molecule has 1 aliphatic carbocycles. The molecule has 1 saturated carbocycles. The highest BCUT2D eigenvalue weighted by Crippen LogP contribution is 2.35. The molecule has 66 valence electrons. The van der Waals surface area contributed by atoms with Gasteiger partial charge in [0.2, 0.25) is 0 Å². The van der Waals surface area contributed by atoms with Gasteiger partial charge >= 0.3 is 0 Å². The molecule has 1 aliphatic rings. The highest BCUT2D eigenvalue weighted by atomic mass is 32.1. The summed E-state index contributed by atoms with van der Waals surface area (Å²) in [6.45, 7) is 0. The number of nitrogen functional groups attached to an aromatic ring is 1. The van der Waals surface area contributed by atoms with Crippen LogP contribution >= 0.6 is 11.3 Å². The Bertz CT molecular complexity index is 251. The van der Waals surface area contributed by atoms with Crippen molar-refractivity contribution in [3.63, 3.8) is 0 Å². The van der Waals surface area contributed by atoms with Crippen molar-refractivity contribution >= 4 is 16.5 Å². The van der Waals surface area contributed by atoms with Gasteiger partial charge in [-0.1, -0.05) is 19.3 Å². The largest absolute Gasteiger partial charge is 0.375 e. The zero-order valence-corrected chi connectivity index (χ0v) is 7.94. The van der Waals surface area contributed by atoms with Gasteiger partial charge in [0.1, 0.15) is 0 Å². The van der Waals surface area contributed by atoms with E-state index in [0.29, 0.717) is 0 Å². The van der Waals surface area contributed by atoms with Gasteiger partial charge < -0.3 is 5.73 Å². The second-order valence-electron chi connectivity index (χ2n) is 3.44. The molecule has 12 heavy (non-hydrogen) atoms. The van der Waals surface area contributed by atoms with E-state index in [2.05, 4.69) is 4.98 Å². The van der Waals surface area contributed by atoms with Crippen LogP contribution in [-0.4, -0.2) is 4.98 Å². The van der Waals surface area contributed by atoms with Gasteiger partial charge in [-0.15, -0.1) is 11.3 Å². The number of hydrogen-bond donors (Lipinski definition) is 1. The first kappa shape index (κ1) is 8.05. The SMILES string of the molecule is Nc1ncc(C2CCCCC2)s1. The Morgan fingerprint density at radius 3 is 2.67 bits per heavy atom. The number of thiazole rings is 1. The molecule has 1 heterocycles. The van der Waals surface area contributed by atoms with E-state index in [1.807, 2.05) is 6.20 Å². The lowest BCUT2D eigenvalue weighted by atomic mass is 9.89. The fraction of sp³-hybridized carbons (Fsp3) is 0.667. The summed E-state index contributed by atoms with van der Waals surface area (Å²) >= 11 is 1.66. The minimum atomic E-state index is 0.718. The summed E-state index contributed by atoms with van der Waals surface area (Å²) in [5, 5.41) is 0.718. The fourth-order valence-electron chi connectivity index (χ4n) is 1.88. The highest BCUT2D eigenvalue weighted by molar-refractivity contribution is 7.15. The van der Waals surface area contributed by atoms with Gasteiger partial charge in [-0.25, -0.2) is 4.98 Å². The second kappa shape index (κ2) is 3.44. The average molecular weight is 182 g/mol. The molecular weight excluding hydrogens is 168 g/mol. The van der Waals surface area contributed by atoms with E-state index in [-0.39, 0.29) is 0 Å². The van der Waals surface area contributed by atoms with Gasteiger partial charge in [0.05, 0.1) is 0 Å². The molecule has 0 spiro atoms. The number of anilines is 1. The normalized spacial score (nSPS) is 19.7. The van der Waals surface area contributed by atoms with Crippen LogP contribution in [-0.2, 0) is 0 Å². The third-order valence-electron chi connectivity index (χ3n) is 2.55. The third kappa shape index (κ3) is 1.61. The number of hydrogen-bond acceptors (Lipinski definition) is 3. The van der Waals surface area contributed by atoms with Gasteiger partial charge in [0.15, 0.2) is 5.13 Å². The topological polar surface area (TPSA) is 38.9 Å². The number of nitrogens with two attached hydrogens (primary N) is 1. The summed E-state index contributed by atoms with van der Waals surface area (Å²) in [4.78, 5) is 5.48. The van der Waals surface area contributed by atoms with Gasteiger partial charge in [-0.05, 0) is 18.8 Å². The van der Waals surface area contributed by atoms with Crippen molar-refractivity contribution in [1.29, 1.82) is 0 Å². The Hall–Kier alpha value is -0.570. The summed E-state index contributed by atoms with van der Waals surface area (Å²) in [6, 6.07) is 0. The quantitative estimate of drug-likeness (QED) is 0.725. The van der Waals surface area contributed by atoms with Crippen LogP contribution in [0.5, 0.6) is 0 Å². The molecule has 3 heteroatoms. The Morgan fingerprint density at radius 2 is 2.08 bits per heavy atom. The first-order valence-corrected chi connectivity index (χ1v) is 5.39. The van der Waals surface area contributed by atoms with E-state index < -0.39 is 0 Å². The third-order valence-corrected chi connectivity index (χ3v) is 3.54. The lowest BCUT2D eigenvalue weighted by molar-refractivity contribution is 0.448. The van der Waals surface area contributed by atoms with E-state index in [0.717, 1.165) is 11.0 Å². The van der Waals surface area contributed by atoms with E-state index >= 15 is 0 Å². The Labute approximate surface area is 76.8 Å². The summed E-state index contributed by atoms with van der Waals surface area (Å²) in [5.74, 6) is 0.758. The van der Waals surface area contributed by atoms with Gasteiger partial charge in [0, 0.05) is 11.1 Å². The first-order chi connectivity index (χ1) is 5.86. The van der Waals surface area contributed by atoms with Gasteiger partial charge in [-0.2, -0.15) is 0 Å². The molecule has 0 aliphatic heterocycles. The van der Waals surface area contributed by atoms with Crippen LogP contribution in [0.1, 0.15) is 42.9 Å². The predicted molar refractivity (Wildman–Crippen MR) is 52.4 cm³/mol. The molecule has 2 nitrogen and oxygen atoms in total. The van der Waals surface area contributed by atoms with E-state index in [1.165, 1.54) is 37.0 Å². The average Bonchev–Trinajstić information content (AvgIpc) is 2.54. The number of rotatable bonds is 1. The van der Waals surface area contributed by atoms with Crippen LogP contribution < -0.4 is 5.73 Å². The van der Waals surface area contributed by atoms with Crippen LogP contribution in [0.3, 0.4) is 0 Å². The van der Waals surface area contributed by atoms with Crippen molar-refractivity contribution in [3.8, 4) is 0 Å². The molecule has 0 radical (unpaired) electrons. The highest BCUT2D eigenvalue weighted by Gasteiger charge is 2.17. The first-order valence-electron chi connectivity index (χ1n) is 4.57. The van der Waals surface area contributed by atoms with Crippen LogP contribution in [0.15, 0.2) is 6.20 Å². The van der Waals surface area contributed by atoms with Crippen LogP contribution in [0.4, 0.5) is 5.13 Å². The summed E-state index contributed by atoms with van der Waals surface area (Å²) < 4.78 is 0. The lowest BCUT2D eigenvalue weighted by Crippen LogP contribution is -2.02. The lowest BCUT2D eigenvalue weighted by Gasteiger charge is -2.19. The molecule has 0 unspecified atom stereocenters. The van der Waals surface area contributed by atoms with E-state index in [4.69, 9.17) is 5.73 Å². The molecule has 1 aromatic rings. The maximum atomic E-state index is 5.59. The fourth-order valence-corrected chi connectivity index (χ4v) is 2.73. The molecule has 0 saturated heterocycles. The van der Waals surface area contributed by atoms with Crippen molar-refractivity contribution in [2.24, 2.45) is 0 Å². The molecule has 1 fully saturated rings. The molecule has 0 atom stereocenters. The van der Waals surface area contributed by atoms with Gasteiger partial charge in [0.25, 0.3) is 0 Å². The van der Waals surface area contributed by atoms with Crippen LogP contribution in [0, 0.1) is 0 Å². The smallest absolute Gasteiger partial charge is 0.180 e. The summed E-state index contributed by atoms with van der Waals surface area (Å²) in [7, 11) is 0. The molecule has 0 amide bonds. The van der Waals surface area contributed by atoms with Crippen LogP contribution in [0.25, 0.3) is 0 Å². The van der Waals surface area contributed by atoms with E-state index in [1.54, 1.807) is 11.3 Å². The van der Waals surface area contributed by atoms with Crippen molar-refractivity contribution < 1.29 is 0 Å². The van der Waals surface area contributed by atoms with E-state index in [9.17, 15) is 0 Å². The molecular formula is C9H14N2S. The van der Waals surface area contributed by atoms with Crippen molar-refractivity contribution in [1.82, 2.24) is 4.98 Å². The monoisotopic (exact) mass is 182 g/mol. The maximum Gasteiger partial charge on any atom is 0.180 e. The zero-order valence-electron chi connectivity index (χ0n) is 7.12. The zero-order chi connectivity index (χ0) is 8.39. The standard InChI is InChI=1S/C9H14N2S/c10-9-11-6-8(12-9)7-4-2-1-3-5-7/h6-7H,1-5H2,(H2,10,11). The molecule has 2 rings (SSSR count). The molecule has 0 aromatic carbocycles. The minimum absolute atomic E-state index is 0.718. The Morgan fingerprint density at radius 1 is 1.33 bits per heavy atom. The maximum absolute atomic E-state index is 5.59. The van der Waals surface area contributed by atoms with Crippen molar-refractivity contribution in [3.05, 3.63) is 11.1 Å². The Balaban J connectivity index is 2.08.